The molecule has 0 bridgehead atoms. The number of alkyl halides is 1. The molecule has 2 unspecified atom stereocenters. The van der Waals surface area contributed by atoms with Crippen molar-refractivity contribution < 1.29 is 14.9 Å². The van der Waals surface area contributed by atoms with Gasteiger partial charge in [-0.3, -0.25) is 0 Å². The molecule has 0 spiro atoms. The minimum atomic E-state index is -0.924. The minimum Gasteiger partial charge on any atom is -0.497 e. The SMILES string of the molecule is COc1cc(C)cc(C(O)C(O)CCCl)c1. The Morgan fingerprint density at radius 1 is 1.31 bits per heavy atom. The van der Waals surface area contributed by atoms with Gasteiger partial charge in [0, 0.05) is 5.88 Å². The molecule has 1 rings (SSSR count). The molecule has 16 heavy (non-hydrogen) atoms. The summed E-state index contributed by atoms with van der Waals surface area (Å²) in [6.07, 6.45) is -1.41. The second kappa shape index (κ2) is 6.09. The van der Waals surface area contributed by atoms with Crippen molar-refractivity contribution in [3.05, 3.63) is 29.3 Å². The first-order valence-corrected chi connectivity index (χ1v) is 5.69. The molecule has 90 valence electrons. The molecule has 0 heterocycles. The summed E-state index contributed by atoms with van der Waals surface area (Å²) in [5.41, 5.74) is 1.63. The summed E-state index contributed by atoms with van der Waals surface area (Å²) in [6, 6.07) is 5.41. The van der Waals surface area contributed by atoms with Crippen molar-refractivity contribution in [2.24, 2.45) is 0 Å². The second-order valence-corrected chi connectivity index (χ2v) is 4.15. The zero-order valence-corrected chi connectivity index (χ0v) is 10.2. The van der Waals surface area contributed by atoms with Crippen LogP contribution in [0.15, 0.2) is 18.2 Å². The zero-order chi connectivity index (χ0) is 12.1. The summed E-state index contributed by atoms with van der Waals surface area (Å²) >= 11 is 5.52. The number of aliphatic hydroxyl groups is 2. The van der Waals surface area contributed by atoms with Gasteiger partial charge in [-0.05, 0) is 36.6 Å². The molecule has 0 fully saturated rings. The second-order valence-electron chi connectivity index (χ2n) is 3.77. The number of halogens is 1. The quantitative estimate of drug-likeness (QED) is 0.780. The van der Waals surface area contributed by atoms with Gasteiger partial charge in [-0.1, -0.05) is 6.07 Å². The van der Waals surface area contributed by atoms with Crippen molar-refractivity contribution in [2.45, 2.75) is 25.6 Å². The van der Waals surface area contributed by atoms with E-state index < -0.39 is 12.2 Å². The maximum absolute atomic E-state index is 9.90. The van der Waals surface area contributed by atoms with Crippen LogP contribution in [0.2, 0.25) is 0 Å². The van der Waals surface area contributed by atoms with Gasteiger partial charge in [-0.2, -0.15) is 0 Å². The Bertz CT molecular complexity index is 341. The summed E-state index contributed by atoms with van der Waals surface area (Å²) in [5, 5.41) is 19.6. The molecular formula is C12H17ClO3. The summed E-state index contributed by atoms with van der Waals surface area (Å²) in [7, 11) is 1.57. The van der Waals surface area contributed by atoms with Crippen molar-refractivity contribution in [1.82, 2.24) is 0 Å². The lowest BCUT2D eigenvalue weighted by atomic mass is 10.0. The first kappa shape index (κ1) is 13.3. The van der Waals surface area contributed by atoms with E-state index in [9.17, 15) is 10.2 Å². The summed E-state index contributed by atoms with van der Waals surface area (Å²) in [5.74, 6) is 0.994. The fraction of sp³-hybridized carbons (Fsp3) is 0.500. The highest BCUT2D eigenvalue weighted by Gasteiger charge is 2.18. The van der Waals surface area contributed by atoms with Crippen LogP contribution in [-0.4, -0.2) is 29.3 Å². The van der Waals surface area contributed by atoms with E-state index in [1.165, 1.54) is 0 Å². The van der Waals surface area contributed by atoms with E-state index in [0.717, 1.165) is 5.56 Å². The van der Waals surface area contributed by atoms with E-state index >= 15 is 0 Å². The molecule has 0 aliphatic heterocycles. The van der Waals surface area contributed by atoms with Crippen LogP contribution in [-0.2, 0) is 0 Å². The minimum absolute atomic E-state index is 0.321. The first-order valence-electron chi connectivity index (χ1n) is 5.16. The van der Waals surface area contributed by atoms with Gasteiger partial charge in [0.05, 0.1) is 13.2 Å². The topological polar surface area (TPSA) is 49.7 Å². The largest absolute Gasteiger partial charge is 0.497 e. The zero-order valence-electron chi connectivity index (χ0n) is 9.48. The monoisotopic (exact) mass is 244 g/mol. The van der Waals surface area contributed by atoms with Crippen LogP contribution in [0.1, 0.15) is 23.7 Å². The van der Waals surface area contributed by atoms with Gasteiger partial charge in [0.25, 0.3) is 0 Å². The molecule has 0 amide bonds. The third-order valence-corrected chi connectivity index (χ3v) is 2.64. The molecule has 2 atom stereocenters. The fourth-order valence-electron chi connectivity index (χ4n) is 1.56. The number of aryl methyl sites for hydroxylation is 1. The van der Waals surface area contributed by atoms with Crippen molar-refractivity contribution in [2.75, 3.05) is 13.0 Å². The van der Waals surface area contributed by atoms with E-state index in [0.29, 0.717) is 23.6 Å². The predicted octanol–water partition coefficient (Wildman–Crippen LogP) is 2.03. The molecule has 3 nitrogen and oxygen atoms in total. The van der Waals surface area contributed by atoms with Crippen molar-refractivity contribution in [3.63, 3.8) is 0 Å². The van der Waals surface area contributed by atoms with Crippen molar-refractivity contribution >= 4 is 11.6 Å². The number of aliphatic hydroxyl groups excluding tert-OH is 2. The van der Waals surface area contributed by atoms with Crippen LogP contribution >= 0.6 is 11.6 Å². The lowest BCUT2D eigenvalue weighted by Crippen LogP contribution is -2.18. The molecule has 0 saturated heterocycles. The van der Waals surface area contributed by atoms with Gasteiger partial charge < -0.3 is 14.9 Å². The molecule has 0 aliphatic rings. The van der Waals surface area contributed by atoms with E-state index in [2.05, 4.69) is 0 Å². The number of rotatable bonds is 5. The van der Waals surface area contributed by atoms with E-state index in [1.54, 1.807) is 13.2 Å². The van der Waals surface area contributed by atoms with Crippen LogP contribution in [0.4, 0.5) is 0 Å². The predicted molar refractivity (Wildman–Crippen MR) is 64.0 cm³/mol. The van der Waals surface area contributed by atoms with Crippen LogP contribution in [0.5, 0.6) is 5.75 Å². The molecule has 1 aromatic rings. The van der Waals surface area contributed by atoms with Crippen molar-refractivity contribution in [3.8, 4) is 5.75 Å². The third kappa shape index (κ3) is 3.37. The molecule has 4 heteroatoms. The number of methoxy groups -OCH3 is 1. The van der Waals surface area contributed by atoms with Crippen LogP contribution in [0, 0.1) is 6.92 Å². The standard InChI is InChI=1S/C12H17ClO3/c1-8-5-9(7-10(6-8)16-2)12(15)11(14)3-4-13/h5-7,11-12,14-15H,3-4H2,1-2H3. The molecule has 0 radical (unpaired) electrons. The van der Waals surface area contributed by atoms with Gasteiger partial charge >= 0.3 is 0 Å². The van der Waals surface area contributed by atoms with Crippen molar-refractivity contribution in [1.29, 1.82) is 0 Å². The fourth-order valence-corrected chi connectivity index (χ4v) is 1.78. The number of hydrogen-bond donors (Lipinski definition) is 2. The summed E-state index contributed by atoms with van der Waals surface area (Å²) in [6.45, 7) is 1.91. The maximum Gasteiger partial charge on any atom is 0.119 e. The summed E-state index contributed by atoms with van der Waals surface area (Å²) < 4.78 is 5.11. The average Bonchev–Trinajstić information content (AvgIpc) is 2.27. The van der Waals surface area contributed by atoms with E-state index in [-0.39, 0.29) is 0 Å². The molecule has 2 N–H and O–H groups in total. The number of ether oxygens (including phenoxy) is 1. The third-order valence-electron chi connectivity index (χ3n) is 2.42. The molecule has 1 aromatic carbocycles. The average molecular weight is 245 g/mol. The lowest BCUT2D eigenvalue weighted by Gasteiger charge is -2.18. The first-order chi connectivity index (χ1) is 7.58. The van der Waals surface area contributed by atoms with E-state index in [4.69, 9.17) is 16.3 Å². The van der Waals surface area contributed by atoms with Crippen LogP contribution in [0.3, 0.4) is 0 Å². The molecule has 0 aromatic heterocycles. The van der Waals surface area contributed by atoms with Gasteiger partial charge in [-0.15, -0.1) is 11.6 Å². The van der Waals surface area contributed by atoms with E-state index in [1.807, 2.05) is 19.1 Å². The smallest absolute Gasteiger partial charge is 0.119 e. The lowest BCUT2D eigenvalue weighted by molar-refractivity contribution is 0.0169. The highest BCUT2D eigenvalue weighted by atomic mass is 35.5. The van der Waals surface area contributed by atoms with Gasteiger partial charge in [0.1, 0.15) is 11.9 Å². The number of hydrogen-bond acceptors (Lipinski definition) is 3. The Labute approximate surface area is 101 Å². The Kier molecular flexibility index (Phi) is 5.06. The Morgan fingerprint density at radius 2 is 2.00 bits per heavy atom. The summed E-state index contributed by atoms with van der Waals surface area (Å²) in [4.78, 5) is 0. The van der Waals surface area contributed by atoms with Gasteiger partial charge in [0.15, 0.2) is 0 Å². The Morgan fingerprint density at radius 3 is 2.56 bits per heavy atom. The normalized spacial score (nSPS) is 14.6. The Hall–Kier alpha value is -0.770. The van der Waals surface area contributed by atoms with Gasteiger partial charge in [0.2, 0.25) is 0 Å². The molecule has 0 saturated carbocycles. The molecule has 0 aliphatic carbocycles. The highest BCUT2D eigenvalue weighted by Crippen LogP contribution is 2.25. The highest BCUT2D eigenvalue weighted by molar-refractivity contribution is 6.17. The van der Waals surface area contributed by atoms with Crippen LogP contribution in [0.25, 0.3) is 0 Å². The number of benzene rings is 1. The van der Waals surface area contributed by atoms with Gasteiger partial charge in [-0.25, -0.2) is 0 Å². The van der Waals surface area contributed by atoms with Crippen LogP contribution < -0.4 is 4.74 Å². The molecular weight excluding hydrogens is 228 g/mol. The maximum atomic E-state index is 9.90. The Balaban J connectivity index is 2.89.